The van der Waals surface area contributed by atoms with E-state index in [-0.39, 0.29) is 17.8 Å². The number of carbonyl (C=O) groups is 1. The van der Waals surface area contributed by atoms with Crippen LogP contribution >= 0.6 is 0 Å². The molecular formula is C22H28FN2O2+. The Kier molecular flexibility index (Phi) is 6.96. The fourth-order valence-electron chi connectivity index (χ4n) is 3.38. The maximum Gasteiger partial charge on any atom is 0.221 e. The molecule has 0 aromatic heterocycles. The van der Waals surface area contributed by atoms with E-state index in [0.29, 0.717) is 12.8 Å². The Morgan fingerprint density at radius 1 is 1.11 bits per heavy atom. The van der Waals surface area contributed by atoms with Gasteiger partial charge in [-0.1, -0.05) is 42.0 Å². The highest BCUT2D eigenvalue weighted by Crippen LogP contribution is 2.14. The molecule has 5 heteroatoms. The number of hydrogen-bond acceptors (Lipinski definition) is 2. The van der Waals surface area contributed by atoms with E-state index in [1.807, 2.05) is 0 Å². The van der Waals surface area contributed by atoms with Gasteiger partial charge in [0, 0.05) is 6.42 Å². The quantitative estimate of drug-likeness (QED) is 0.780. The Morgan fingerprint density at radius 2 is 1.78 bits per heavy atom. The summed E-state index contributed by atoms with van der Waals surface area (Å²) < 4.78 is 18.5. The number of carbonyl (C=O) groups excluding carboxylic acids is 1. The largest absolute Gasteiger partial charge is 0.370 e. The van der Waals surface area contributed by atoms with Gasteiger partial charge >= 0.3 is 0 Å². The molecule has 2 N–H and O–H groups in total. The minimum atomic E-state index is -0.254. The van der Waals surface area contributed by atoms with Crippen LogP contribution in [0.3, 0.4) is 0 Å². The molecule has 2 aromatic rings. The fourth-order valence-corrected chi connectivity index (χ4v) is 3.38. The number of morpholine rings is 1. The molecule has 1 heterocycles. The van der Waals surface area contributed by atoms with Crippen molar-refractivity contribution in [1.82, 2.24) is 5.32 Å². The van der Waals surface area contributed by atoms with Crippen LogP contribution in [0, 0.1) is 12.7 Å². The minimum Gasteiger partial charge on any atom is -0.370 e. The molecule has 3 rings (SSSR count). The van der Waals surface area contributed by atoms with Gasteiger partial charge in [0.25, 0.3) is 0 Å². The summed E-state index contributed by atoms with van der Waals surface area (Å²) in [6, 6.07) is 14.7. The summed E-state index contributed by atoms with van der Waals surface area (Å²) in [5.41, 5.74) is 3.31. The van der Waals surface area contributed by atoms with Crippen LogP contribution in [0.2, 0.25) is 0 Å². The summed E-state index contributed by atoms with van der Waals surface area (Å²) in [7, 11) is 0. The first-order chi connectivity index (χ1) is 13.1. The lowest BCUT2D eigenvalue weighted by molar-refractivity contribution is -0.909. The molecule has 0 spiro atoms. The second-order valence-corrected chi connectivity index (χ2v) is 7.22. The molecule has 0 radical (unpaired) electrons. The highest BCUT2D eigenvalue weighted by Gasteiger charge is 2.22. The monoisotopic (exact) mass is 371 g/mol. The average molecular weight is 371 g/mol. The maximum atomic E-state index is 13.0. The van der Waals surface area contributed by atoms with E-state index in [9.17, 15) is 9.18 Å². The van der Waals surface area contributed by atoms with Crippen molar-refractivity contribution in [2.75, 3.05) is 32.8 Å². The van der Waals surface area contributed by atoms with E-state index >= 15 is 0 Å². The lowest BCUT2D eigenvalue weighted by Gasteiger charge is -2.28. The van der Waals surface area contributed by atoms with Crippen molar-refractivity contribution in [3.63, 3.8) is 0 Å². The first kappa shape index (κ1) is 19.5. The molecule has 1 fully saturated rings. The third kappa shape index (κ3) is 6.15. The molecule has 1 aliphatic rings. The van der Waals surface area contributed by atoms with Crippen molar-refractivity contribution in [2.45, 2.75) is 25.8 Å². The molecule has 2 aromatic carbocycles. The van der Waals surface area contributed by atoms with Crippen molar-refractivity contribution in [3.8, 4) is 0 Å². The van der Waals surface area contributed by atoms with Crippen LogP contribution in [0.15, 0.2) is 48.5 Å². The zero-order valence-corrected chi connectivity index (χ0v) is 15.8. The summed E-state index contributed by atoms with van der Waals surface area (Å²) >= 11 is 0. The van der Waals surface area contributed by atoms with Gasteiger partial charge < -0.3 is 15.0 Å². The summed E-state index contributed by atoms with van der Waals surface area (Å²) in [6.07, 6.45) is 1.00. The lowest BCUT2D eigenvalue weighted by atomic mass is 10.0. The van der Waals surface area contributed by atoms with Crippen molar-refractivity contribution < 1.29 is 18.8 Å². The van der Waals surface area contributed by atoms with Crippen LogP contribution < -0.4 is 10.2 Å². The zero-order chi connectivity index (χ0) is 19.1. The average Bonchev–Trinajstić information content (AvgIpc) is 2.68. The zero-order valence-electron chi connectivity index (χ0n) is 15.8. The van der Waals surface area contributed by atoms with Crippen LogP contribution in [-0.4, -0.2) is 38.8 Å². The minimum absolute atomic E-state index is 0.0144. The van der Waals surface area contributed by atoms with E-state index < -0.39 is 0 Å². The molecule has 1 atom stereocenters. The van der Waals surface area contributed by atoms with Gasteiger partial charge in [-0.05, 0) is 36.6 Å². The number of benzene rings is 2. The van der Waals surface area contributed by atoms with Gasteiger partial charge in [-0.3, -0.25) is 4.79 Å². The maximum absolute atomic E-state index is 13.0. The van der Waals surface area contributed by atoms with Crippen LogP contribution in [0.5, 0.6) is 0 Å². The number of aryl methyl sites for hydroxylation is 2. The molecule has 0 unspecified atom stereocenters. The highest BCUT2D eigenvalue weighted by atomic mass is 19.1. The van der Waals surface area contributed by atoms with E-state index in [0.717, 1.165) is 44.0 Å². The molecule has 1 amide bonds. The van der Waals surface area contributed by atoms with Gasteiger partial charge in [0.05, 0.1) is 13.2 Å². The van der Waals surface area contributed by atoms with Crippen molar-refractivity contribution in [3.05, 3.63) is 71.0 Å². The van der Waals surface area contributed by atoms with Gasteiger partial charge in [-0.25, -0.2) is 4.39 Å². The predicted molar refractivity (Wildman–Crippen MR) is 103 cm³/mol. The van der Waals surface area contributed by atoms with Gasteiger partial charge in [0.1, 0.15) is 31.5 Å². The first-order valence-corrected chi connectivity index (χ1v) is 9.62. The Balaban J connectivity index is 1.61. The van der Waals surface area contributed by atoms with Gasteiger partial charge in [0.15, 0.2) is 0 Å². The Hall–Kier alpha value is -2.24. The van der Waals surface area contributed by atoms with Crippen LogP contribution in [0.1, 0.15) is 29.2 Å². The number of nitrogens with one attached hydrogen (secondary N) is 2. The van der Waals surface area contributed by atoms with Crippen molar-refractivity contribution in [1.29, 1.82) is 0 Å². The standard InChI is InChI=1S/C22H27FN2O2/c1-17-2-7-19(8-3-17)21(16-25-12-14-27-15-13-25)24-22(26)11-6-18-4-9-20(23)10-5-18/h2-5,7-10,21H,6,11-16H2,1H3,(H,24,26)/p+1/t21-/m1/s1. The first-order valence-electron chi connectivity index (χ1n) is 9.62. The number of halogens is 1. The Morgan fingerprint density at radius 3 is 2.44 bits per heavy atom. The second kappa shape index (κ2) is 9.62. The van der Waals surface area contributed by atoms with E-state index in [1.54, 1.807) is 12.1 Å². The van der Waals surface area contributed by atoms with Crippen LogP contribution in [0.25, 0.3) is 0 Å². The Bertz CT molecular complexity index is 725. The molecule has 27 heavy (non-hydrogen) atoms. The summed E-state index contributed by atoms with van der Waals surface area (Å²) in [5, 5.41) is 3.21. The fraction of sp³-hybridized carbons (Fsp3) is 0.409. The van der Waals surface area contributed by atoms with Crippen LogP contribution in [0.4, 0.5) is 4.39 Å². The predicted octanol–water partition coefficient (Wildman–Crippen LogP) is 1.84. The molecule has 0 saturated carbocycles. The number of hydrogen-bond donors (Lipinski definition) is 2. The topological polar surface area (TPSA) is 42.8 Å². The summed E-state index contributed by atoms with van der Waals surface area (Å²) in [6.45, 7) is 6.40. The van der Waals surface area contributed by atoms with E-state index in [4.69, 9.17) is 4.74 Å². The third-order valence-corrected chi connectivity index (χ3v) is 5.06. The van der Waals surface area contributed by atoms with Gasteiger partial charge in [0.2, 0.25) is 5.91 Å². The second-order valence-electron chi connectivity index (χ2n) is 7.22. The Labute approximate surface area is 160 Å². The SMILES string of the molecule is Cc1ccc([C@@H](C[NH+]2CCOCC2)NC(=O)CCc2ccc(F)cc2)cc1. The molecule has 1 saturated heterocycles. The number of rotatable bonds is 7. The van der Waals surface area contributed by atoms with Crippen molar-refractivity contribution >= 4 is 5.91 Å². The normalized spacial score (nSPS) is 16.1. The van der Waals surface area contributed by atoms with Crippen molar-refractivity contribution in [2.24, 2.45) is 0 Å². The summed E-state index contributed by atoms with van der Waals surface area (Å²) in [5.74, 6) is -0.228. The van der Waals surface area contributed by atoms with Gasteiger partial charge in [-0.2, -0.15) is 0 Å². The molecule has 1 aliphatic heterocycles. The van der Waals surface area contributed by atoms with Gasteiger partial charge in [-0.15, -0.1) is 0 Å². The highest BCUT2D eigenvalue weighted by molar-refractivity contribution is 5.76. The van der Waals surface area contributed by atoms with E-state index in [1.165, 1.54) is 22.6 Å². The number of amides is 1. The molecule has 0 aliphatic carbocycles. The molecular weight excluding hydrogens is 343 g/mol. The third-order valence-electron chi connectivity index (χ3n) is 5.06. The number of ether oxygens (including phenoxy) is 1. The summed E-state index contributed by atoms with van der Waals surface area (Å²) in [4.78, 5) is 14.0. The van der Waals surface area contributed by atoms with Crippen LogP contribution in [-0.2, 0) is 16.0 Å². The molecule has 4 nitrogen and oxygen atoms in total. The number of quaternary nitrogens is 1. The smallest absolute Gasteiger partial charge is 0.221 e. The molecule has 0 bridgehead atoms. The van der Waals surface area contributed by atoms with E-state index in [2.05, 4.69) is 36.5 Å². The molecule has 144 valence electrons. The lowest BCUT2D eigenvalue weighted by Crippen LogP contribution is -3.14.